The van der Waals surface area contributed by atoms with E-state index in [2.05, 4.69) is 11.4 Å². The molecular weight excluding hydrogens is 340 g/mol. The van der Waals surface area contributed by atoms with Crippen LogP contribution in [0, 0.1) is 6.92 Å². The van der Waals surface area contributed by atoms with Gasteiger partial charge in [0, 0.05) is 18.7 Å². The molecule has 0 saturated carbocycles. The molecule has 2 aliphatic rings. The molecule has 0 fully saturated rings. The minimum atomic E-state index is -0.269. The number of anilines is 1. The Kier molecular flexibility index (Phi) is 4.52. The molecule has 0 unspecified atom stereocenters. The number of carbonyl (C=O) groups is 3. The zero-order valence-corrected chi connectivity index (χ0v) is 15.4. The van der Waals surface area contributed by atoms with E-state index in [1.165, 1.54) is 22.4 Å². The quantitative estimate of drug-likeness (QED) is 0.828. The van der Waals surface area contributed by atoms with Gasteiger partial charge in [-0.3, -0.25) is 19.3 Å². The fourth-order valence-electron chi connectivity index (χ4n) is 3.88. The summed E-state index contributed by atoms with van der Waals surface area (Å²) in [6, 6.07) is 11.3. The van der Waals surface area contributed by atoms with E-state index < -0.39 is 0 Å². The number of nitrogens with zero attached hydrogens (tertiary/aromatic N) is 1. The smallest absolute Gasteiger partial charge is 0.261 e. The van der Waals surface area contributed by atoms with Crippen LogP contribution < -0.4 is 5.32 Å². The molecular formula is C22H22N2O3. The van der Waals surface area contributed by atoms with Gasteiger partial charge in [0.1, 0.15) is 0 Å². The Balaban J connectivity index is 1.32. The van der Waals surface area contributed by atoms with Crippen molar-refractivity contribution in [3.63, 3.8) is 0 Å². The topological polar surface area (TPSA) is 66.5 Å². The molecule has 5 nitrogen and oxygen atoms in total. The molecule has 2 aromatic carbocycles. The highest BCUT2D eigenvalue weighted by molar-refractivity contribution is 6.21. The van der Waals surface area contributed by atoms with Gasteiger partial charge in [-0.1, -0.05) is 17.7 Å². The maximum Gasteiger partial charge on any atom is 0.261 e. The molecule has 1 aliphatic heterocycles. The first-order chi connectivity index (χ1) is 13.0. The second kappa shape index (κ2) is 6.99. The van der Waals surface area contributed by atoms with Gasteiger partial charge in [-0.2, -0.15) is 0 Å². The van der Waals surface area contributed by atoms with Crippen LogP contribution in [0.2, 0.25) is 0 Å². The zero-order valence-electron chi connectivity index (χ0n) is 15.4. The van der Waals surface area contributed by atoms with Crippen LogP contribution in [-0.2, 0) is 17.6 Å². The Bertz CT molecular complexity index is 949. The number of amides is 3. The fourth-order valence-corrected chi connectivity index (χ4v) is 3.88. The summed E-state index contributed by atoms with van der Waals surface area (Å²) in [6.07, 6.45) is 4.07. The molecule has 138 valence electrons. The van der Waals surface area contributed by atoms with Crippen molar-refractivity contribution in [1.29, 1.82) is 0 Å². The first-order valence-corrected chi connectivity index (χ1v) is 9.41. The van der Waals surface area contributed by atoms with Gasteiger partial charge < -0.3 is 5.32 Å². The second-order valence-corrected chi connectivity index (χ2v) is 7.30. The molecule has 5 heteroatoms. The van der Waals surface area contributed by atoms with Crippen LogP contribution in [0.5, 0.6) is 0 Å². The summed E-state index contributed by atoms with van der Waals surface area (Å²) in [5.74, 6) is -0.632. The highest BCUT2D eigenvalue weighted by Gasteiger charge is 2.34. The number of fused-ring (bicyclic) bond motifs is 2. The van der Waals surface area contributed by atoms with Crippen molar-refractivity contribution in [1.82, 2.24) is 4.90 Å². The molecule has 0 atom stereocenters. The Hall–Kier alpha value is -2.95. The first kappa shape index (κ1) is 17.5. The number of hydrogen-bond acceptors (Lipinski definition) is 3. The maximum absolute atomic E-state index is 12.4. The third kappa shape index (κ3) is 3.37. The van der Waals surface area contributed by atoms with Crippen LogP contribution in [-0.4, -0.2) is 29.2 Å². The lowest BCUT2D eigenvalue weighted by Crippen LogP contribution is -2.31. The van der Waals surface area contributed by atoms with E-state index in [1.54, 1.807) is 12.1 Å². The second-order valence-electron chi connectivity index (χ2n) is 7.30. The molecule has 0 saturated heterocycles. The van der Waals surface area contributed by atoms with Crippen LogP contribution in [0.3, 0.4) is 0 Å². The number of nitrogens with one attached hydrogen (secondary N) is 1. The third-order valence-electron chi connectivity index (χ3n) is 5.29. The van der Waals surface area contributed by atoms with Crippen LogP contribution in [0.1, 0.15) is 56.7 Å². The summed E-state index contributed by atoms with van der Waals surface area (Å²) in [4.78, 5) is 38.3. The number of aryl methyl sites for hydroxylation is 3. The Labute approximate surface area is 158 Å². The third-order valence-corrected chi connectivity index (χ3v) is 5.29. The van der Waals surface area contributed by atoms with Crippen LogP contribution in [0.4, 0.5) is 5.69 Å². The average molecular weight is 362 g/mol. The Morgan fingerprint density at radius 1 is 1.00 bits per heavy atom. The molecule has 0 radical (unpaired) electrons. The molecule has 1 aliphatic carbocycles. The fraction of sp³-hybridized carbons (Fsp3) is 0.318. The van der Waals surface area contributed by atoms with Crippen molar-refractivity contribution < 1.29 is 14.4 Å². The van der Waals surface area contributed by atoms with Crippen molar-refractivity contribution in [3.8, 4) is 0 Å². The van der Waals surface area contributed by atoms with Crippen LogP contribution in [0.25, 0.3) is 0 Å². The van der Waals surface area contributed by atoms with Gasteiger partial charge in [-0.25, -0.2) is 0 Å². The normalized spacial score (nSPS) is 15.1. The van der Waals surface area contributed by atoms with Crippen molar-refractivity contribution in [2.24, 2.45) is 0 Å². The van der Waals surface area contributed by atoms with E-state index in [0.29, 0.717) is 17.5 Å². The van der Waals surface area contributed by atoms with Gasteiger partial charge >= 0.3 is 0 Å². The van der Waals surface area contributed by atoms with Crippen molar-refractivity contribution in [2.75, 3.05) is 11.9 Å². The number of rotatable bonds is 5. The van der Waals surface area contributed by atoms with Crippen LogP contribution in [0.15, 0.2) is 36.4 Å². The Morgan fingerprint density at radius 2 is 1.78 bits per heavy atom. The van der Waals surface area contributed by atoms with Gasteiger partial charge in [0.05, 0.1) is 11.1 Å². The standard InChI is InChI=1S/C22H22N2O3/c1-14-7-10-18-19(12-14)22(27)24(21(18)26)11-3-6-20(25)23-17-9-8-15-4-2-5-16(15)13-17/h7-10,12-13H,2-6,11H2,1H3,(H,23,25). The summed E-state index contributed by atoms with van der Waals surface area (Å²) in [6.45, 7) is 2.15. The Morgan fingerprint density at radius 3 is 2.63 bits per heavy atom. The van der Waals surface area contributed by atoms with Gasteiger partial charge in [0.2, 0.25) is 5.91 Å². The molecule has 1 N–H and O–H groups in total. The molecule has 3 amide bonds. The van der Waals surface area contributed by atoms with Crippen molar-refractivity contribution in [3.05, 3.63) is 64.2 Å². The first-order valence-electron chi connectivity index (χ1n) is 9.41. The van der Waals surface area contributed by atoms with Crippen LogP contribution >= 0.6 is 0 Å². The molecule has 2 aromatic rings. The number of imide groups is 1. The number of benzene rings is 2. The largest absolute Gasteiger partial charge is 0.326 e. The predicted octanol–water partition coefficient (Wildman–Crippen LogP) is 3.50. The van der Waals surface area contributed by atoms with Crippen molar-refractivity contribution >= 4 is 23.4 Å². The highest BCUT2D eigenvalue weighted by Crippen LogP contribution is 2.26. The van der Waals surface area contributed by atoms with Gasteiger partial charge in [0.15, 0.2) is 0 Å². The lowest BCUT2D eigenvalue weighted by atomic mass is 10.1. The van der Waals surface area contributed by atoms with E-state index in [4.69, 9.17) is 0 Å². The lowest BCUT2D eigenvalue weighted by molar-refractivity contribution is -0.116. The molecule has 0 bridgehead atoms. The summed E-state index contributed by atoms with van der Waals surface area (Å²) in [5.41, 5.74) is 5.36. The van der Waals surface area contributed by atoms with E-state index in [1.807, 2.05) is 25.1 Å². The minimum Gasteiger partial charge on any atom is -0.326 e. The maximum atomic E-state index is 12.4. The van der Waals surface area contributed by atoms with E-state index in [-0.39, 0.29) is 30.7 Å². The SMILES string of the molecule is Cc1ccc2c(c1)C(=O)N(CCCC(=O)Nc1ccc3c(c1)CCC3)C2=O. The zero-order chi connectivity index (χ0) is 19.0. The number of hydrogen-bond donors (Lipinski definition) is 1. The van der Waals surface area contributed by atoms with E-state index >= 15 is 0 Å². The van der Waals surface area contributed by atoms with Gasteiger partial charge in [-0.05, 0) is 68.0 Å². The van der Waals surface area contributed by atoms with Gasteiger partial charge in [-0.15, -0.1) is 0 Å². The predicted molar refractivity (Wildman–Crippen MR) is 103 cm³/mol. The summed E-state index contributed by atoms with van der Waals surface area (Å²) >= 11 is 0. The van der Waals surface area contributed by atoms with E-state index in [0.717, 1.165) is 24.1 Å². The summed E-state index contributed by atoms with van der Waals surface area (Å²) in [7, 11) is 0. The van der Waals surface area contributed by atoms with E-state index in [9.17, 15) is 14.4 Å². The monoisotopic (exact) mass is 362 g/mol. The summed E-state index contributed by atoms with van der Waals surface area (Å²) < 4.78 is 0. The van der Waals surface area contributed by atoms with Crippen molar-refractivity contribution in [2.45, 2.75) is 39.0 Å². The molecule has 27 heavy (non-hydrogen) atoms. The average Bonchev–Trinajstić information content (AvgIpc) is 3.19. The van der Waals surface area contributed by atoms with Gasteiger partial charge in [0.25, 0.3) is 11.8 Å². The molecule has 1 heterocycles. The molecule has 0 spiro atoms. The minimum absolute atomic E-state index is 0.0969. The molecule has 4 rings (SSSR count). The molecule has 0 aromatic heterocycles. The summed E-state index contributed by atoms with van der Waals surface area (Å²) in [5, 5.41) is 2.92. The lowest BCUT2D eigenvalue weighted by Gasteiger charge is -2.13. The highest BCUT2D eigenvalue weighted by atomic mass is 16.2. The number of carbonyl (C=O) groups excluding carboxylic acids is 3.